The number of para-hydroxylation sites is 2. The number of ether oxygens (including phenoxy) is 1. The van der Waals surface area contributed by atoms with Gasteiger partial charge in [-0.05, 0) is 36.2 Å². The maximum atomic E-state index is 12.7. The molecule has 1 aliphatic heterocycles. The minimum atomic E-state index is -3.72. The van der Waals surface area contributed by atoms with E-state index in [1.54, 1.807) is 30.2 Å². The molecule has 0 aliphatic carbocycles. The number of anilines is 1. The van der Waals surface area contributed by atoms with E-state index in [4.69, 9.17) is 9.88 Å². The van der Waals surface area contributed by atoms with Gasteiger partial charge in [-0.3, -0.25) is 9.69 Å². The molecule has 3 N–H and O–H groups in total. The van der Waals surface area contributed by atoms with E-state index in [2.05, 4.69) is 5.32 Å². The topological polar surface area (TPSA) is 122 Å². The molecular weight excluding hydrogens is 408 g/mol. The highest BCUT2D eigenvalue weighted by molar-refractivity contribution is 7.89. The largest absolute Gasteiger partial charge is 0.495 e. The average Bonchev–Trinajstić information content (AvgIpc) is 3.07. The Morgan fingerprint density at radius 2 is 1.83 bits per heavy atom. The quantitative estimate of drug-likeness (QED) is 0.643. The zero-order chi connectivity index (χ0) is 21.7. The first kappa shape index (κ1) is 21.6. The van der Waals surface area contributed by atoms with E-state index in [0.717, 1.165) is 5.56 Å². The van der Waals surface area contributed by atoms with Gasteiger partial charge in [-0.25, -0.2) is 18.4 Å². The van der Waals surface area contributed by atoms with Crippen LogP contribution in [-0.4, -0.2) is 58.5 Å². The smallest absolute Gasteiger partial charge is 0.325 e. The lowest BCUT2D eigenvalue weighted by Gasteiger charge is -2.20. The molecule has 9 nitrogen and oxygen atoms in total. The number of nitrogens with two attached hydrogens (primary N) is 1. The number of nitrogens with zero attached hydrogens (tertiary/aromatic N) is 2. The lowest BCUT2D eigenvalue weighted by atomic mass is 10.1. The van der Waals surface area contributed by atoms with Crippen LogP contribution in [0.4, 0.5) is 10.5 Å². The Morgan fingerprint density at radius 3 is 2.50 bits per heavy atom. The molecule has 1 fully saturated rings. The summed E-state index contributed by atoms with van der Waals surface area (Å²) in [6, 6.07) is 13.2. The number of hydrogen-bond acceptors (Lipinski definition) is 5. The van der Waals surface area contributed by atoms with E-state index in [1.807, 2.05) is 18.2 Å². The van der Waals surface area contributed by atoms with Crippen molar-refractivity contribution in [2.45, 2.75) is 11.3 Å². The van der Waals surface area contributed by atoms with Crippen LogP contribution < -0.4 is 20.1 Å². The van der Waals surface area contributed by atoms with Gasteiger partial charge in [-0.2, -0.15) is 0 Å². The number of carbonyl (C=O) groups excluding carboxylic acids is 2. The molecule has 30 heavy (non-hydrogen) atoms. The highest BCUT2D eigenvalue weighted by atomic mass is 32.2. The number of primary sulfonamides is 1. The predicted molar refractivity (Wildman–Crippen MR) is 112 cm³/mol. The summed E-state index contributed by atoms with van der Waals surface area (Å²) in [5.74, 6) is 0.344. The maximum Gasteiger partial charge on any atom is 0.325 e. The van der Waals surface area contributed by atoms with Gasteiger partial charge in [0.05, 0.1) is 17.7 Å². The van der Waals surface area contributed by atoms with Crippen molar-refractivity contribution in [2.75, 3.05) is 38.2 Å². The summed E-state index contributed by atoms with van der Waals surface area (Å²) >= 11 is 0. The molecule has 3 rings (SSSR count). The number of amides is 3. The van der Waals surface area contributed by atoms with Crippen LogP contribution in [0, 0.1) is 0 Å². The van der Waals surface area contributed by atoms with Crippen LogP contribution >= 0.6 is 0 Å². The second-order valence-corrected chi connectivity index (χ2v) is 8.38. The van der Waals surface area contributed by atoms with Crippen LogP contribution in [0.3, 0.4) is 0 Å². The molecule has 0 spiro atoms. The van der Waals surface area contributed by atoms with Gasteiger partial charge >= 0.3 is 6.03 Å². The Hall–Kier alpha value is -3.11. The molecule has 3 amide bonds. The summed E-state index contributed by atoms with van der Waals surface area (Å²) in [5, 5.41) is 7.85. The number of sulfonamides is 1. The van der Waals surface area contributed by atoms with Gasteiger partial charge < -0.3 is 15.0 Å². The second-order valence-electron chi connectivity index (χ2n) is 6.82. The minimum Gasteiger partial charge on any atom is -0.495 e. The molecule has 1 heterocycles. The third-order valence-electron chi connectivity index (χ3n) is 4.79. The van der Waals surface area contributed by atoms with Gasteiger partial charge in [0.2, 0.25) is 15.9 Å². The van der Waals surface area contributed by atoms with Crippen molar-refractivity contribution in [1.29, 1.82) is 0 Å². The summed E-state index contributed by atoms with van der Waals surface area (Å²) in [5.41, 5.74) is 1.54. The fraction of sp³-hybridized carbons (Fsp3) is 0.300. The number of urea groups is 1. The molecule has 160 valence electrons. The second kappa shape index (κ2) is 9.14. The normalized spacial score (nSPS) is 14.1. The number of hydrogen-bond donors (Lipinski definition) is 2. The third kappa shape index (κ3) is 5.08. The summed E-state index contributed by atoms with van der Waals surface area (Å²) in [6.45, 7) is 1.25. The van der Waals surface area contributed by atoms with E-state index in [-0.39, 0.29) is 23.4 Å². The van der Waals surface area contributed by atoms with E-state index < -0.39 is 10.0 Å². The lowest BCUT2D eigenvalue weighted by Crippen LogP contribution is -2.40. The number of methoxy groups -OCH3 is 1. The van der Waals surface area contributed by atoms with E-state index >= 15 is 0 Å². The molecule has 2 aromatic rings. The van der Waals surface area contributed by atoms with Gasteiger partial charge in [-0.1, -0.05) is 24.3 Å². The van der Waals surface area contributed by atoms with Crippen LogP contribution in [0.15, 0.2) is 53.4 Å². The van der Waals surface area contributed by atoms with Crippen LogP contribution in [0.1, 0.15) is 5.56 Å². The molecule has 1 aliphatic rings. The fourth-order valence-corrected chi connectivity index (χ4v) is 3.74. The van der Waals surface area contributed by atoms with Crippen molar-refractivity contribution >= 4 is 27.6 Å². The Bertz CT molecular complexity index is 1020. The molecule has 0 aromatic heterocycles. The summed E-state index contributed by atoms with van der Waals surface area (Å²) in [7, 11) is -2.17. The summed E-state index contributed by atoms with van der Waals surface area (Å²) in [6.07, 6.45) is 0.526. The molecule has 1 saturated heterocycles. The zero-order valence-electron chi connectivity index (χ0n) is 16.6. The molecule has 2 aromatic carbocycles. The fourth-order valence-electron chi connectivity index (χ4n) is 3.23. The zero-order valence-corrected chi connectivity index (χ0v) is 17.4. The van der Waals surface area contributed by atoms with E-state index in [0.29, 0.717) is 37.5 Å². The monoisotopic (exact) mass is 432 g/mol. The van der Waals surface area contributed by atoms with Gasteiger partial charge in [0.15, 0.2) is 0 Å². The third-order valence-corrected chi connectivity index (χ3v) is 5.72. The molecular formula is C20H24N4O5S. The number of rotatable bonds is 8. The standard InChI is InChI=1S/C20H24N4O5S/c1-29-18-5-3-2-4-17(18)24-13-12-23(20(24)26)14-19(25)22-11-10-15-6-8-16(9-7-15)30(21,27)28/h2-9H,10-14H2,1H3,(H,22,25)(H2,21,27,28). The summed E-state index contributed by atoms with van der Waals surface area (Å²) in [4.78, 5) is 28.0. The van der Waals surface area contributed by atoms with Crippen molar-refractivity contribution in [1.82, 2.24) is 10.2 Å². The molecule has 0 bridgehead atoms. The van der Waals surface area contributed by atoms with Crippen LogP contribution in [0.2, 0.25) is 0 Å². The van der Waals surface area contributed by atoms with Crippen molar-refractivity contribution in [2.24, 2.45) is 5.14 Å². The van der Waals surface area contributed by atoms with Gasteiger partial charge in [-0.15, -0.1) is 0 Å². The average molecular weight is 433 g/mol. The molecule has 0 unspecified atom stereocenters. The number of benzene rings is 2. The Kier molecular flexibility index (Phi) is 6.58. The van der Waals surface area contributed by atoms with E-state index in [9.17, 15) is 18.0 Å². The van der Waals surface area contributed by atoms with Crippen LogP contribution in [0.5, 0.6) is 5.75 Å². The first-order valence-electron chi connectivity index (χ1n) is 9.37. The molecule has 0 atom stereocenters. The molecule has 10 heteroatoms. The van der Waals surface area contributed by atoms with E-state index in [1.165, 1.54) is 17.0 Å². The first-order valence-corrected chi connectivity index (χ1v) is 10.9. The van der Waals surface area contributed by atoms with Crippen molar-refractivity contribution in [3.05, 3.63) is 54.1 Å². The summed E-state index contributed by atoms with van der Waals surface area (Å²) < 4.78 is 27.8. The SMILES string of the molecule is COc1ccccc1N1CCN(CC(=O)NCCc2ccc(S(N)(=O)=O)cc2)C1=O. The van der Waals surface area contributed by atoms with Crippen LogP contribution in [0.25, 0.3) is 0 Å². The lowest BCUT2D eigenvalue weighted by molar-refractivity contribution is -0.121. The minimum absolute atomic E-state index is 0.0329. The number of carbonyl (C=O) groups is 2. The Labute approximate surface area is 175 Å². The predicted octanol–water partition coefficient (Wildman–Crippen LogP) is 0.944. The van der Waals surface area contributed by atoms with Crippen molar-refractivity contribution in [3.63, 3.8) is 0 Å². The van der Waals surface area contributed by atoms with Crippen LogP contribution in [-0.2, 0) is 21.2 Å². The van der Waals surface area contributed by atoms with Gasteiger partial charge in [0.1, 0.15) is 12.3 Å². The number of nitrogens with one attached hydrogen (secondary N) is 1. The molecule has 0 radical (unpaired) electrons. The van der Waals surface area contributed by atoms with Gasteiger partial charge in [0, 0.05) is 19.6 Å². The molecule has 0 saturated carbocycles. The Balaban J connectivity index is 1.49. The highest BCUT2D eigenvalue weighted by Crippen LogP contribution is 2.30. The first-order chi connectivity index (χ1) is 14.3. The maximum absolute atomic E-state index is 12.7. The van der Waals surface area contributed by atoms with Gasteiger partial charge in [0.25, 0.3) is 0 Å². The van der Waals surface area contributed by atoms with Crippen molar-refractivity contribution < 1.29 is 22.7 Å². The highest BCUT2D eigenvalue weighted by Gasteiger charge is 2.32. The van der Waals surface area contributed by atoms with Crippen molar-refractivity contribution in [3.8, 4) is 5.75 Å². The Morgan fingerprint density at radius 1 is 1.13 bits per heavy atom.